The quantitative estimate of drug-likeness (QED) is 0.888. The van der Waals surface area contributed by atoms with Crippen molar-refractivity contribution in [1.29, 1.82) is 0 Å². The maximum atomic E-state index is 12.4. The van der Waals surface area contributed by atoms with Crippen LogP contribution < -0.4 is 10.1 Å². The topological polar surface area (TPSA) is 41.6 Å². The summed E-state index contributed by atoms with van der Waals surface area (Å²) >= 11 is 3.17. The Bertz CT molecular complexity index is 471. The number of hydrogen-bond donors (Lipinski definition) is 1. The highest BCUT2D eigenvalue weighted by Crippen LogP contribution is 2.26. The monoisotopic (exact) mass is 370 g/mol. The van der Waals surface area contributed by atoms with Gasteiger partial charge in [0.25, 0.3) is 5.91 Å². The third kappa shape index (κ3) is 4.29. The van der Waals surface area contributed by atoms with Gasteiger partial charge in [0.2, 0.25) is 0 Å². The standard InChI is InChI=1S/C12H13BrF2N2O2.ClH/c13-8-1-2-9(10(7-8)19-12(14)15)11(18)17-5-3-16-4-6-17;/h1-2,7,12,16H,3-6H2;1H. The summed E-state index contributed by atoms with van der Waals surface area (Å²) in [4.78, 5) is 13.9. The summed E-state index contributed by atoms with van der Waals surface area (Å²) in [5.41, 5.74) is 0.158. The molecule has 1 heterocycles. The molecule has 1 aromatic rings. The van der Waals surface area contributed by atoms with Gasteiger partial charge in [-0.15, -0.1) is 12.4 Å². The summed E-state index contributed by atoms with van der Waals surface area (Å²) in [6, 6.07) is 4.50. The number of ether oxygens (including phenoxy) is 1. The summed E-state index contributed by atoms with van der Waals surface area (Å²) in [6.07, 6.45) is 0. The molecule has 1 amide bonds. The Morgan fingerprint density at radius 1 is 1.35 bits per heavy atom. The fraction of sp³-hybridized carbons (Fsp3) is 0.417. The molecule has 0 atom stereocenters. The summed E-state index contributed by atoms with van der Waals surface area (Å²) in [7, 11) is 0. The molecule has 0 aromatic heterocycles. The van der Waals surface area contributed by atoms with E-state index in [1.807, 2.05) is 0 Å². The second-order valence-corrected chi connectivity index (χ2v) is 4.98. The van der Waals surface area contributed by atoms with Crippen molar-refractivity contribution < 1.29 is 18.3 Å². The third-order valence-electron chi connectivity index (χ3n) is 2.79. The summed E-state index contributed by atoms with van der Waals surface area (Å²) < 4.78 is 29.7. The summed E-state index contributed by atoms with van der Waals surface area (Å²) in [6.45, 7) is -0.434. The molecule has 1 aliphatic rings. The van der Waals surface area contributed by atoms with Crippen molar-refractivity contribution in [3.05, 3.63) is 28.2 Å². The Kier molecular flexibility index (Phi) is 6.64. The second kappa shape index (κ2) is 7.75. The Balaban J connectivity index is 0.00000200. The number of halogens is 4. The van der Waals surface area contributed by atoms with E-state index in [0.717, 1.165) is 0 Å². The number of alkyl halides is 2. The highest BCUT2D eigenvalue weighted by Gasteiger charge is 2.22. The van der Waals surface area contributed by atoms with Gasteiger partial charge >= 0.3 is 6.61 Å². The third-order valence-corrected chi connectivity index (χ3v) is 3.29. The van der Waals surface area contributed by atoms with Gasteiger partial charge in [-0.3, -0.25) is 4.79 Å². The van der Waals surface area contributed by atoms with Gasteiger partial charge in [0, 0.05) is 30.7 Å². The van der Waals surface area contributed by atoms with Crippen LogP contribution in [0.5, 0.6) is 5.75 Å². The molecular weight excluding hydrogens is 357 g/mol. The van der Waals surface area contributed by atoms with E-state index < -0.39 is 6.61 Å². The Morgan fingerprint density at radius 2 is 2.00 bits per heavy atom. The maximum absolute atomic E-state index is 12.4. The molecular formula is C12H14BrClF2N2O2. The van der Waals surface area contributed by atoms with E-state index in [1.165, 1.54) is 12.1 Å². The molecule has 0 saturated carbocycles. The van der Waals surface area contributed by atoms with Crippen molar-refractivity contribution in [2.24, 2.45) is 0 Å². The highest BCUT2D eigenvalue weighted by molar-refractivity contribution is 9.10. The van der Waals surface area contributed by atoms with Gasteiger partial charge in [-0.1, -0.05) is 15.9 Å². The van der Waals surface area contributed by atoms with Crippen LogP contribution in [-0.4, -0.2) is 43.6 Å². The first-order valence-corrected chi connectivity index (χ1v) is 6.61. The van der Waals surface area contributed by atoms with Crippen LogP contribution in [0.4, 0.5) is 8.78 Å². The predicted molar refractivity (Wildman–Crippen MR) is 76.8 cm³/mol. The SMILES string of the molecule is Cl.O=C(c1ccc(Br)cc1OC(F)F)N1CCNCC1. The van der Waals surface area contributed by atoms with Crippen LogP contribution in [0.15, 0.2) is 22.7 Å². The number of piperazine rings is 1. The number of hydrogen-bond acceptors (Lipinski definition) is 3. The van der Waals surface area contributed by atoms with Crippen LogP contribution in [0.2, 0.25) is 0 Å². The van der Waals surface area contributed by atoms with Gasteiger partial charge < -0.3 is 15.0 Å². The lowest BCUT2D eigenvalue weighted by Crippen LogP contribution is -2.46. The zero-order chi connectivity index (χ0) is 13.8. The van der Waals surface area contributed by atoms with E-state index in [9.17, 15) is 13.6 Å². The van der Waals surface area contributed by atoms with Crippen LogP contribution in [-0.2, 0) is 0 Å². The molecule has 20 heavy (non-hydrogen) atoms. The minimum Gasteiger partial charge on any atom is -0.434 e. The molecule has 0 aliphatic carbocycles. The van der Waals surface area contributed by atoms with E-state index in [4.69, 9.17) is 0 Å². The predicted octanol–water partition coefficient (Wildman–Crippen LogP) is 2.52. The molecule has 0 bridgehead atoms. The van der Waals surface area contributed by atoms with Crippen LogP contribution in [0, 0.1) is 0 Å². The minimum absolute atomic E-state index is 0. The van der Waals surface area contributed by atoms with Gasteiger partial charge in [0.1, 0.15) is 5.75 Å². The van der Waals surface area contributed by atoms with E-state index in [2.05, 4.69) is 26.0 Å². The number of nitrogens with zero attached hydrogens (tertiary/aromatic N) is 1. The number of carbonyl (C=O) groups is 1. The first kappa shape index (κ1) is 17.1. The summed E-state index contributed by atoms with van der Waals surface area (Å²) in [5.74, 6) is -0.391. The number of carbonyl (C=O) groups excluding carboxylic acids is 1. The molecule has 1 aromatic carbocycles. The van der Waals surface area contributed by atoms with Crippen molar-refractivity contribution in [3.63, 3.8) is 0 Å². The molecule has 0 radical (unpaired) electrons. The maximum Gasteiger partial charge on any atom is 0.387 e. The lowest BCUT2D eigenvalue weighted by atomic mass is 10.1. The van der Waals surface area contributed by atoms with Crippen LogP contribution in [0.1, 0.15) is 10.4 Å². The molecule has 2 rings (SSSR count). The summed E-state index contributed by atoms with van der Waals surface area (Å²) in [5, 5.41) is 3.12. The Hall–Kier alpha value is -0.920. The fourth-order valence-corrected chi connectivity index (χ4v) is 2.24. The average Bonchev–Trinajstić information content (AvgIpc) is 2.38. The highest BCUT2D eigenvalue weighted by atomic mass is 79.9. The van der Waals surface area contributed by atoms with E-state index in [0.29, 0.717) is 30.7 Å². The number of benzene rings is 1. The molecule has 4 nitrogen and oxygen atoms in total. The molecule has 1 N–H and O–H groups in total. The molecule has 112 valence electrons. The normalized spacial score (nSPS) is 14.9. The molecule has 0 unspecified atom stereocenters. The van der Waals surface area contributed by atoms with Gasteiger partial charge in [-0.05, 0) is 18.2 Å². The van der Waals surface area contributed by atoms with E-state index >= 15 is 0 Å². The second-order valence-electron chi connectivity index (χ2n) is 4.06. The smallest absolute Gasteiger partial charge is 0.387 e. The van der Waals surface area contributed by atoms with E-state index in [-0.39, 0.29) is 29.6 Å². The minimum atomic E-state index is -2.95. The van der Waals surface area contributed by atoms with Crippen molar-refractivity contribution in [3.8, 4) is 5.75 Å². The molecule has 0 spiro atoms. The van der Waals surface area contributed by atoms with Crippen molar-refractivity contribution >= 4 is 34.2 Å². The zero-order valence-corrected chi connectivity index (χ0v) is 12.8. The van der Waals surface area contributed by atoms with Crippen molar-refractivity contribution in [2.45, 2.75) is 6.61 Å². The number of nitrogens with one attached hydrogen (secondary N) is 1. The van der Waals surface area contributed by atoms with Gasteiger partial charge in [-0.25, -0.2) is 0 Å². The van der Waals surface area contributed by atoms with Gasteiger partial charge in [0.15, 0.2) is 0 Å². The Morgan fingerprint density at radius 3 is 2.60 bits per heavy atom. The van der Waals surface area contributed by atoms with Gasteiger partial charge in [0.05, 0.1) is 5.56 Å². The molecule has 1 saturated heterocycles. The largest absolute Gasteiger partial charge is 0.434 e. The fourth-order valence-electron chi connectivity index (χ4n) is 1.90. The van der Waals surface area contributed by atoms with Crippen molar-refractivity contribution in [1.82, 2.24) is 10.2 Å². The number of rotatable bonds is 3. The lowest BCUT2D eigenvalue weighted by Gasteiger charge is -2.28. The van der Waals surface area contributed by atoms with Crippen LogP contribution >= 0.6 is 28.3 Å². The lowest BCUT2D eigenvalue weighted by molar-refractivity contribution is -0.0503. The van der Waals surface area contributed by atoms with E-state index in [1.54, 1.807) is 11.0 Å². The van der Waals surface area contributed by atoms with Gasteiger partial charge in [-0.2, -0.15) is 8.78 Å². The Labute approximate surface area is 130 Å². The first-order chi connectivity index (χ1) is 9.08. The molecule has 1 aliphatic heterocycles. The average molecular weight is 372 g/mol. The number of amides is 1. The first-order valence-electron chi connectivity index (χ1n) is 5.82. The van der Waals surface area contributed by atoms with Crippen molar-refractivity contribution in [2.75, 3.05) is 26.2 Å². The zero-order valence-electron chi connectivity index (χ0n) is 10.4. The molecule has 1 fully saturated rings. The van der Waals surface area contributed by atoms with Crippen LogP contribution in [0.3, 0.4) is 0 Å². The van der Waals surface area contributed by atoms with Crippen LogP contribution in [0.25, 0.3) is 0 Å². The molecule has 8 heteroatoms.